The van der Waals surface area contributed by atoms with Gasteiger partial charge in [0, 0.05) is 49.7 Å². The number of carbonyl (C=O) groups excluding carboxylic acids is 2. The summed E-state index contributed by atoms with van der Waals surface area (Å²) in [6.45, 7) is 4.30. The minimum Gasteiger partial charge on any atom is -0.493 e. The van der Waals surface area contributed by atoms with Gasteiger partial charge in [-0.2, -0.15) is 0 Å². The second-order valence-electron chi connectivity index (χ2n) is 8.07. The van der Waals surface area contributed by atoms with Crippen LogP contribution in [-0.2, 0) is 4.79 Å². The first-order chi connectivity index (χ1) is 16.4. The van der Waals surface area contributed by atoms with Crippen molar-refractivity contribution >= 4 is 18.1 Å². The van der Waals surface area contributed by atoms with Crippen molar-refractivity contribution in [2.24, 2.45) is 0 Å². The summed E-state index contributed by atoms with van der Waals surface area (Å²) in [6.07, 6.45) is 4.32. The van der Waals surface area contributed by atoms with E-state index in [1.54, 1.807) is 37.6 Å². The summed E-state index contributed by atoms with van der Waals surface area (Å²) in [5.41, 5.74) is 9.23. The summed E-state index contributed by atoms with van der Waals surface area (Å²) in [5.74, 6) is 1.23. The smallest absolute Gasteiger partial charge is 0.270 e. The standard InChI is InChI=1S/C24H28N6O4/c1-15(14-31)29-6-8-30(9-7-29)23(32)19-10-17(12-26-19)22-18(13-27-24(25)28-22)16-4-5-20(33-2)21(11-16)34-3/h4-5,10-15,26H,6-9H2,1-3H3,(H2,25,27,28). The number of nitrogens with two attached hydrogens (primary N) is 1. The Hall–Kier alpha value is -3.92. The fourth-order valence-electron chi connectivity index (χ4n) is 4.07. The number of aldehydes is 1. The van der Waals surface area contributed by atoms with Crippen molar-refractivity contribution in [2.45, 2.75) is 13.0 Å². The molecule has 1 aliphatic heterocycles. The van der Waals surface area contributed by atoms with Crippen LogP contribution in [0, 0.1) is 0 Å². The molecule has 1 unspecified atom stereocenters. The minimum absolute atomic E-state index is 0.0978. The molecule has 4 rings (SSSR count). The van der Waals surface area contributed by atoms with Crippen LogP contribution in [0.4, 0.5) is 5.95 Å². The topological polar surface area (TPSA) is 127 Å². The van der Waals surface area contributed by atoms with E-state index in [2.05, 4.69) is 19.9 Å². The average Bonchev–Trinajstić information content (AvgIpc) is 3.37. The third kappa shape index (κ3) is 4.58. The van der Waals surface area contributed by atoms with Crippen molar-refractivity contribution in [2.75, 3.05) is 46.1 Å². The zero-order valence-electron chi connectivity index (χ0n) is 19.4. The lowest BCUT2D eigenvalue weighted by atomic mass is 10.0. The summed E-state index contributed by atoms with van der Waals surface area (Å²) < 4.78 is 10.8. The monoisotopic (exact) mass is 464 g/mol. The van der Waals surface area contributed by atoms with Crippen molar-refractivity contribution < 1.29 is 19.1 Å². The highest BCUT2D eigenvalue weighted by Crippen LogP contribution is 2.36. The van der Waals surface area contributed by atoms with E-state index in [9.17, 15) is 9.59 Å². The highest BCUT2D eigenvalue weighted by molar-refractivity contribution is 5.95. The van der Waals surface area contributed by atoms with Gasteiger partial charge in [-0.15, -0.1) is 0 Å². The summed E-state index contributed by atoms with van der Waals surface area (Å²) >= 11 is 0. The summed E-state index contributed by atoms with van der Waals surface area (Å²) in [6, 6.07) is 7.17. The molecular weight excluding hydrogens is 436 g/mol. The van der Waals surface area contributed by atoms with Crippen LogP contribution in [0.3, 0.4) is 0 Å². The van der Waals surface area contributed by atoms with Gasteiger partial charge in [-0.05, 0) is 30.7 Å². The molecule has 0 spiro atoms. The first-order valence-electron chi connectivity index (χ1n) is 11.0. The quantitative estimate of drug-likeness (QED) is 0.509. The number of hydrogen-bond acceptors (Lipinski definition) is 8. The van der Waals surface area contributed by atoms with Gasteiger partial charge in [0.25, 0.3) is 5.91 Å². The normalized spacial score (nSPS) is 15.1. The molecule has 1 aromatic carbocycles. The Labute approximate surface area is 197 Å². The van der Waals surface area contributed by atoms with Crippen LogP contribution in [0.15, 0.2) is 36.7 Å². The zero-order valence-corrected chi connectivity index (χ0v) is 19.4. The van der Waals surface area contributed by atoms with Gasteiger partial charge in [0.15, 0.2) is 11.5 Å². The Morgan fingerprint density at radius 1 is 1.12 bits per heavy atom. The van der Waals surface area contributed by atoms with Crippen molar-refractivity contribution in [3.63, 3.8) is 0 Å². The van der Waals surface area contributed by atoms with Crippen LogP contribution in [0.2, 0.25) is 0 Å². The number of carbonyl (C=O) groups is 2. The number of nitrogens with one attached hydrogen (secondary N) is 1. The number of ether oxygens (including phenoxy) is 2. The molecule has 1 fully saturated rings. The maximum absolute atomic E-state index is 13.1. The summed E-state index contributed by atoms with van der Waals surface area (Å²) in [4.78, 5) is 39.7. The molecule has 0 aliphatic carbocycles. The molecule has 10 nitrogen and oxygen atoms in total. The number of hydrogen-bond donors (Lipinski definition) is 2. The molecule has 3 aromatic rings. The molecule has 178 valence electrons. The Morgan fingerprint density at radius 3 is 2.53 bits per heavy atom. The second-order valence-corrected chi connectivity index (χ2v) is 8.07. The van der Waals surface area contributed by atoms with E-state index in [1.165, 1.54) is 0 Å². The van der Waals surface area contributed by atoms with Gasteiger partial charge in [-0.1, -0.05) is 6.07 Å². The number of H-pyrrole nitrogens is 1. The molecule has 0 saturated carbocycles. The molecule has 34 heavy (non-hydrogen) atoms. The summed E-state index contributed by atoms with van der Waals surface area (Å²) in [5, 5.41) is 0. The molecular formula is C24H28N6O4. The number of benzene rings is 1. The predicted octanol–water partition coefficient (Wildman–Crippen LogP) is 2.08. The molecule has 1 atom stereocenters. The number of aromatic nitrogens is 3. The lowest BCUT2D eigenvalue weighted by Crippen LogP contribution is -2.51. The van der Waals surface area contributed by atoms with E-state index in [0.717, 1.165) is 23.0 Å². The molecule has 10 heteroatoms. The van der Waals surface area contributed by atoms with Crippen LogP contribution in [0.5, 0.6) is 11.5 Å². The van der Waals surface area contributed by atoms with Gasteiger partial charge in [0.1, 0.15) is 12.0 Å². The van der Waals surface area contributed by atoms with Gasteiger partial charge in [0.2, 0.25) is 5.95 Å². The lowest BCUT2D eigenvalue weighted by molar-refractivity contribution is -0.112. The third-order valence-electron chi connectivity index (χ3n) is 6.06. The first-order valence-corrected chi connectivity index (χ1v) is 11.0. The van der Waals surface area contributed by atoms with Crippen LogP contribution >= 0.6 is 0 Å². The highest BCUT2D eigenvalue weighted by atomic mass is 16.5. The Bertz CT molecular complexity index is 1190. The first kappa shape index (κ1) is 23.2. The van der Waals surface area contributed by atoms with Crippen molar-refractivity contribution in [3.8, 4) is 33.9 Å². The molecule has 1 saturated heterocycles. The molecule has 1 amide bonds. The van der Waals surface area contributed by atoms with Gasteiger partial charge in [0.05, 0.1) is 26.0 Å². The van der Waals surface area contributed by atoms with E-state index in [0.29, 0.717) is 49.1 Å². The van der Waals surface area contributed by atoms with E-state index in [-0.39, 0.29) is 17.9 Å². The Morgan fingerprint density at radius 2 is 1.85 bits per heavy atom. The highest BCUT2D eigenvalue weighted by Gasteiger charge is 2.26. The third-order valence-corrected chi connectivity index (χ3v) is 6.06. The van der Waals surface area contributed by atoms with Gasteiger partial charge in [-0.25, -0.2) is 9.97 Å². The second kappa shape index (κ2) is 9.92. The fourth-order valence-corrected chi connectivity index (χ4v) is 4.07. The fraction of sp³-hybridized carbons (Fsp3) is 0.333. The average molecular weight is 465 g/mol. The predicted molar refractivity (Wildman–Crippen MR) is 128 cm³/mol. The van der Waals surface area contributed by atoms with E-state index in [4.69, 9.17) is 15.2 Å². The number of amides is 1. The van der Waals surface area contributed by atoms with E-state index in [1.807, 2.05) is 25.1 Å². The maximum atomic E-state index is 13.1. The van der Waals surface area contributed by atoms with Crippen LogP contribution in [0.25, 0.3) is 22.4 Å². The number of methoxy groups -OCH3 is 2. The van der Waals surface area contributed by atoms with E-state index >= 15 is 0 Å². The molecule has 0 bridgehead atoms. The molecule has 3 heterocycles. The van der Waals surface area contributed by atoms with Crippen LogP contribution < -0.4 is 15.2 Å². The SMILES string of the molecule is COc1ccc(-c2cnc(N)nc2-c2c[nH]c(C(=O)N3CCN(C(C)C=O)CC3)c2)cc1OC. The molecule has 1 aliphatic rings. The Balaban J connectivity index is 1.60. The molecule has 3 N–H and O–H groups in total. The van der Waals surface area contributed by atoms with Gasteiger partial charge < -0.3 is 29.9 Å². The van der Waals surface area contributed by atoms with Crippen LogP contribution in [0.1, 0.15) is 17.4 Å². The van der Waals surface area contributed by atoms with Gasteiger partial charge >= 0.3 is 0 Å². The number of piperazine rings is 1. The summed E-state index contributed by atoms with van der Waals surface area (Å²) in [7, 11) is 3.15. The largest absolute Gasteiger partial charge is 0.493 e. The number of aromatic amines is 1. The molecule has 2 aromatic heterocycles. The van der Waals surface area contributed by atoms with Gasteiger partial charge in [-0.3, -0.25) is 9.69 Å². The molecule has 0 radical (unpaired) electrons. The van der Waals surface area contributed by atoms with Crippen LogP contribution in [-0.4, -0.2) is 83.4 Å². The number of rotatable bonds is 7. The lowest BCUT2D eigenvalue weighted by Gasteiger charge is -2.36. The zero-order chi connectivity index (χ0) is 24.2. The number of anilines is 1. The van der Waals surface area contributed by atoms with Crippen molar-refractivity contribution in [1.29, 1.82) is 0 Å². The maximum Gasteiger partial charge on any atom is 0.270 e. The van der Waals surface area contributed by atoms with Crippen molar-refractivity contribution in [1.82, 2.24) is 24.8 Å². The van der Waals surface area contributed by atoms with Crippen molar-refractivity contribution in [3.05, 3.63) is 42.4 Å². The minimum atomic E-state index is -0.146. The number of nitrogens with zero attached hydrogens (tertiary/aromatic N) is 4. The Kier molecular flexibility index (Phi) is 6.78. The van der Waals surface area contributed by atoms with E-state index < -0.39 is 0 Å². The number of nitrogen functional groups attached to an aromatic ring is 1.